The van der Waals surface area contributed by atoms with Crippen molar-refractivity contribution in [3.05, 3.63) is 77.4 Å². The lowest BCUT2D eigenvalue weighted by Gasteiger charge is -2.24. The fraction of sp³-hybridized carbons (Fsp3) is 0.385. The number of anilines is 1. The van der Waals surface area contributed by atoms with Gasteiger partial charge in [0, 0.05) is 48.7 Å². The van der Waals surface area contributed by atoms with Gasteiger partial charge in [-0.1, -0.05) is 18.2 Å². The number of hydrogen-bond donors (Lipinski definition) is 0. The molecule has 0 saturated carbocycles. The number of amides is 1. The summed E-state index contributed by atoms with van der Waals surface area (Å²) in [4.78, 5) is 32.0. The van der Waals surface area contributed by atoms with E-state index in [0.717, 1.165) is 12.0 Å². The first-order chi connectivity index (χ1) is 16.7. The number of benzene rings is 1. The monoisotopic (exact) mass is 484 g/mol. The fourth-order valence-corrected chi connectivity index (χ4v) is 4.64. The Hall–Kier alpha value is -3.49. The maximum atomic E-state index is 13.5. The largest absolute Gasteiger partial charge is 0.435 e. The van der Waals surface area contributed by atoms with Gasteiger partial charge in [-0.15, -0.1) is 0 Å². The normalized spacial score (nSPS) is 14.3. The zero-order chi connectivity index (χ0) is 25.0. The smallest absolute Gasteiger partial charge is 0.315 e. The van der Waals surface area contributed by atoms with Crippen LogP contribution in [-0.2, 0) is 41.6 Å². The molecule has 0 bridgehead atoms. The van der Waals surface area contributed by atoms with Crippen LogP contribution in [-0.4, -0.2) is 33.5 Å². The van der Waals surface area contributed by atoms with Crippen LogP contribution in [0.15, 0.2) is 54.9 Å². The number of carbonyl (C=O) groups is 2. The summed E-state index contributed by atoms with van der Waals surface area (Å²) in [5.41, 5.74) is 1.33. The number of nitrogens with zero attached hydrogens (tertiary/aromatic N) is 4. The molecule has 0 saturated heterocycles. The molecule has 0 spiro atoms. The van der Waals surface area contributed by atoms with Gasteiger partial charge in [0.2, 0.25) is 5.91 Å². The Balaban J connectivity index is 1.56. The Morgan fingerprint density at radius 3 is 2.43 bits per heavy atom. The average Bonchev–Trinajstić information content (AvgIpc) is 3.23. The Bertz CT molecular complexity index is 1180. The first-order valence-corrected chi connectivity index (χ1v) is 11.6. The van der Waals surface area contributed by atoms with Crippen LogP contribution < -0.4 is 4.90 Å². The van der Waals surface area contributed by atoms with Crippen LogP contribution in [0.5, 0.6) is 0 Å². The maximum absolute atomic E-state index is 13.5. The number of para-hydroxylation sites is 1. The highest BCUT2D eigenvalue weighted by Gasteiger charge is 2.39. The summed E-state index contributed by atoms with van der Waals surface area (Å²) in [5.74, 6) is -1.24. The lowest BCUT2D eigenvalue weighted by atomic mass is 9.92. The minimum Gasteiger partial charge on any atom is -0.315 e. The Morgan fingerprint density at radius 1 is 1.06 bits per heavy atom. The first kappa shape index (κ1) is 24.6. The van der Waals surface area contributed by atoms with Gasteiger partial charge in [0.1, 0.15) is 0 Å². The number of pyridine rings is 1. The van der Waals surface area contributed by atoms with E-state index in [1.807, 2.05) is 18.2 Å². The second-order valence-electron chi connectivity index (χ2n) is 8.87. The quantitative estimate of drug-likeness (QED) is 0.467. The molecule has 1 aliphatic rings. The molecule has 1 unspecified atom stereocenters. The Kier molecular flexibility index (Phi) is 7.33. The van der Waals surface area contributed by atoms with Crippen LogP contribution in [0.1, 0.15) is 41.8 Å². The molecule has 1 aromatic carbocycles. The highest BCUT2D eigenvalue weighted by atomic mass is 19.4. The molecule has 0 aliphatic heterocycles. The van der Waals surface area contributed by atoms with Crippen molar-refractivity contribution < 1.29 is 22.8 Å². The van der Waals surface area contributed by atoms with E-state index in [2.05, 4.69) is 10.1 Å². The minimum absolute atomic E-state index is 0.103. The molecule has 2 heterocycles. The van der Waals surface area contributed by atoms with E-state index in [1.165, 1.54) is 9.58 Å². The number of halogens is 3. The van der Waals surface area contributed by atoms with Gasteiger partial charge in [0.25, 0.3) is 0 Å². The van der Waals surface area contributed by atoms with Crippen molar-refractivity contribution in [3.63, 3.8) is 0 Å². The number of rotatable bonds is 8. The third kappa shape index (κ3) is 5.78. The molecule has 0 radical (unpaired) electrons. The van der Waals surface area contributed by atoms with Gasteiger partial charge in [-0.3, -0.25) is 19.3 Å². The van der Waals surface area contributed by atoms with E-state index < -0.39 is 17.8 Å². The van der Waals surface area contributed by atoms with Crippen LogP contribution in [0.3, 0.4) is 0 Å². The fourth-order valence-electron chi connectivity index (χ4n) is 4.64. The van der Waals surface area contributed by atoms with E-state index in [9.17, 15) is 22.8 Å². The average molecular weight is 485 g/mol. The molecule has 0 N–H and O–H groups in total. The maximum Gasteiger partial charge on any atom is 0.435 e. The molecule has 1 aliphatic carbocycles. The van der Waals surface area contributed by atoms with E-state index in [4.69, 9.17) is 0 Å². The molecular weight excluding hydrogens is 457 g/mol. The third-order valence-electron chi connectivity index (χ3n) is 6.38. The van der Waals surface area contributed by atoms with E-state index in [-0.39, 0.29) is 30.2 Å². The van der Waals surface area contributed by atoms with Gasteiger partial charge in [0.05, 0.1) is 6.54 Å². The lowest BCUT2D eigenvalue weighted by Crippen LogP contribution is -2.35. The van der Waals surface area contributed by atoms with E-state index in [0.29, 0.717) is 37.1 Å². The van der Waals surface area contributed by atoms with E-state index >= 15 is 0 Å². The number of fused-ring (bicyclic) bond motifs is 1. The molecule has 1 amide bonds. The summed E-state index contributed by atoms with van der Waals surface area (Å²) in [5, 5.41) is 3.79. The topological polar surface area (TPSA) is 68.1 Å². The Labute approximate surface area is 201 Å². The van der Waals surface area contributed by atoms with Crippen molar-refractivity contribution in [1.29, 1.82) is 0 Å². The molecule has 9 heteroatoms. The van der Waals surface area contributed by atoms with Crippen LogP contribution >= 0.6 is 0 Å². The van der Waals surface area contributed by atoms with Crippen LogP contribution in [0, 0.1) is 5.92 Å². The summed E-state index contributed by atoms with van der Waals surface area (Å²) >= 11 is 0. The van der Waals surface area contributed by atoms with Gasteiger partial charge in [-0.2, -0.15) is 18.3 Å². The second kappa shape index (κ2) is 10.4. The number of alkyl halides is 3. The number of carbonyl (C=O) groups excluding carboxylic acids is 2. The van der Waals surface area contributed by atoms with Crippen LogP contribution in [0.2, 0.25) is 0 Å². The summed E-state index contributed by atoms with van der Waals surface area (Å²) in [6.45, 7) is -0.284. The summed E-state index contributed by atoms with van der Waals surface area (Å²) in [6.07, 6.45) is 1.09. The lowest BCUT2D eigenvalue weighted by molar-refractivity contribution is -0.142. The van der Waals surface area contributed by atoms with Crippen molar-refractivity contribution in [2.24, 2.45) is 5.92 Å². The van der Waals surface area contributed by atoms with Gasteiger partial charge >= 0.3 is 6.18 Å². The molecule has 3 aromatic rings. The Morgan fingerprint density at radius 2 is 1.74 bits per heavy atom. The van der Waals surface area contributed by atoms with Crippen LogP contribution in [0.25, 0.3) is 0 Å². The van der Waals surface area contributed by atoms with Crippen molar-refractivity contribution in [3.8, 4) is 0 Å². The van der Waals surface area contributed by atoms with Gasteiger partial charge in [0.15, 0.2) is 11.5 Å². The van der Waals surface area contributed by atoms with Crippen molar-refractivity contribution in [1.82, 2.24) is 14.8 Å². The summed E-state index contributed by atoms with van der Waals surface area (Å²) in [7, 11) is 1.65. The number of ketones is 1. The third-order valence-corrected chi connectivity index (χ3v) is 6.38. The zero-order valence-corrected chi connectivity index (χ0v) is 19.5. The van der Waals surface area contributed by atoms with Crippen LogP contribution in [0.4, 0.5) is 18.9 Å². The van der Waals surface area contributed by atoms with Gasteiger partial charge < -0.3 is 4.90 Å². The summed E-state index contributed by atoms with van der Waals surface area (Å²) < 4.78 is 41.8. The molecular formula is C26H27F3N4O2. The molecule has 0 fully saturated rings. The molecule has 1 atom stereocenters. The predicted molar refractivity (Wildman–Crippen MR) is 125 cm³/mol. The van der Waals surface area contributed by atoms with Gasteiger partial charge in [-0.05, 0) is 61.9 Å². The first-order valence-electron chi connectivity index (χ1n) is 11.6. The van der Waals surface area contributed by atoms with Crippen molar-refractivity contribution in [2.75, 3.05) is 11.9 Å². The second-order valence-corrected chi connectivity index (χ2v) is 8.87. The SMILES string of the molecule is CN(C(=O)C(CC(=O)Cn1nc(C(F)(F)F)c2c1CCCC2)Cc1ccncc1)c1ccccc1. The standard InChI is InChI=1S/C26H27F3N4O2/c1-32(20-7-3-2-4-8-20)25(35)19(15-18-11-13-30-14-12-18)16-21(34)17-33-23-10-6-5-9-22(23)24(31-33)26(27,28)29/h2-4,7-8,11-14,19H,5-6,9-10,15-17H2,1H3. The van der Waals surface area contributed by atoms with Gasteiger partial charge in [-0.25, -0.2) is 0 Å². The van der Waals surface area contributed by atoms with Crippen molar-refractivity contribution in [2.45, 2.75) is 51.2 Å². The number of hydrogen-bond acceptors (Lipinski definition) is 4. The van der Waals surface area contributed by atoms with E-state index in [1.54, 1.807) is 43.7 Å². The van der Waals surface area contributed by atoms with Crippen molar-refractivity contribution >= 4 is 17.4 Å². The zero-order valence-electron chi connectivity index (χ0n) is 19.5. The predicted octanol–water partition coefficient (Wildman–Crippen LogP) is 4.66. The molecule has 2 aromatic heterocycles. The molecule has 35 heavy (non-hydrogen) atoms. The highest BCUT2D eigenvalue weighted by molar-refractivity contribution is 5.97. The molecule has 184 valence electrons. The molecule has 6 nitrogen and oxygen atoms in total. The number of aromatic nitrogens is 3. The summed E-state index contributed by atoms with van der Waals surface area (Å²) in [6, 6.07) is 12.7. The molecule has 4 rings (SSSR count). The highest BCUT2D eigenvalue weighted by Crippen LogP contribution is 2.36. The minimum atomic E-state index is -4.56. The number of Topliss-reactive ketones (excluding diaryl/α,β-unsaturated/α-hetero) is 1.